The SMILES string of the molecule is CCC1/C2=C/c3[nH]c4c(c3C)=C(O)C(C(=O)OC)C=4C3N/C(=C\c4[nH]c(c(C(C)O)c4C)/C=C(\N2)C1C)C(C)C3CCC(=O)OCCC(C)CCCC(C)CCCC(C)CCCC(C)C. The van der Waals surface area contributed by atoms with Gasteiger partial charge in [0.05, 0.1) is 31.2 Å². The van der Waals surface area contributed by atoms with E-state index < -0.39 is 24.0 Å². The molecule has 5 heterocycles. The molecule has 10 unspecified atom stereocenters. The summed E-state index contributed by atoms with van der Waals surface area (Å²) in [5.74, 6) is 1.36. The molecule has 2 fully saturated rings. The van der Waals surface area contributed by atoms with Crippen molar-refractivity contribution in [3.63, 3.8) is 0 Å². The van der Waals surface area contributed by atoms with Gasteiger partial charge in [-0.15, -0.1) is 0 Å². The molecule has 360 valence electrons. The highest BCUT2D eigenvalue weighted by Gasteiger charge is 2.47. The van der Waals surface area contributed by atoms with E-state index in [0.717, 1.165) is 98.8 Å². The van der Waals surface area contributed by atoms with Gasteiger partial charge in [-0.1, -0.05) is 113 Å². The lowest BCUT2D eigenvalue weighted by Gasteiger charge is -2.26. The summed E-state index contributed by atoms with van der Waals surface area (Å²) in [6, 6.07) is -0.408. The molecule has 0 spiro atoms. The van der Waals surface area contributed by atoms with Crippen LogP contribution in [-0.2, 0) is 19.1 Å². The average Bonchev–Trinajstić information content (AvgIpc) is 4.00. The largest absolute Gasteiger partial charge is 0.510 e. The van der Waals surface area contributed by atoms with Crippen LogP contribution in [0.5, 0.6) is 0 Å². The number of aromatic amines is 2. The smallest absolute Gasteiger partial charge is 0.320 e. The number of ether oxygens (including phenoxy) is 2. The zero-order chi connectivity index (χ0) is 47.3. The highest BCUT2D eigenvalue weighted by Crippen LogP contribution is 2.44. The van der Waals surface area contributed by atoms with Crippen LogP contribution in [0.15, 0.2) is 17.1 Å². The molecule has 0 aromatic carbocycles. The topological polar surface area (TPSA) is 149 Å². The Bertz CT molecular complexity index is 2220. The first-order valence-corrected chi connectivity index (χ1v) is 25.4. The molecule has 0 amide bonds. The van der Waals surface area contributed by atoms with E-state index >= 15 is 0 Å². The standard InChI is InChI=1S/C55H84N4O6/c1-13-39-34(7)41-29-46-48(38(11)60)36(9)43(57-46)27-42-35(8)40(52(58-42)50-51(55(63)64-12)54(62)49-37(10)44(59-53(49)50)28-45(39)56-41)23-24-47(61)65-26-25-33(6)22-16-21-32(5)20-15-19-31(4)18-14-17-30(2)3/h27-35,38-40,51-52,56-60,62H,13-26H2,1-12H3/b41-29-,42-27-,45-28-. The van der Waals surface area contributed by atoms with Gasteiger partial charge in [-0.05, 0) is 105 Å². The van der Waals surface area contributed by atoms with Crippen LogP contribution in [0.4, 0.5) is 0 Å². The predicted molar refractivity (Wildman–Crippen MR) is 264 cm³/mol. The van der Waals surface area contributed by atoms with Crippen molar-refractivity contribution in [3.8, 4) is 0 Å². The first-order valence-electron chi connectivity index (χ1n) is 25.4. The molecule has 10 atom stereocenters. The number of rotatable bonds is 21. The fraction of sp³-hybridized carbons (Fsp3) is 0.673. The monoisotopic (exact) mass is 897 g/mol. The summed E-state index contributed by atoms with van der Waals surface area (Å²) in [7, 11) is 1.36. The van der Waals surface area contributed by atoms with Crippen molar-refractivity contribution >= 4 is 41.5 Å². The molecule has 2 saturated heterocycles. The van der Waals surface area contributed by atoms with Crippen LogP contribution in [0.1, 0.15) is 186 Å². The molecule has 8 bridgehead atoms. The Morgan fingerprint density at radius 1 is 0.754 bits per heavy atom. The van der Waals surface area contributed by atoms with Gasteiger partial charge in [-0.25, -0.2) is 0 Å². The van der Waals surface area contributed by atoms with Crippen molar-refractivity contribution in [1.82, 2.24) is 20.6 Å². The lowest BCUT2D eigenvalue weighted by Crippen LogP contribution is -2.38. The van der Waals surface area contributed by atoms with Crippen molar-refractivity contribution in [2.75, 3.05) is 13.7 Å². The minimum absolute atomic E-state index is 0.0145. The van der Waals surface area contributed by atoms with Crippen molar-refractivity contribution in [2.24, 2.45) is 53.3 Å². The number of aromatic nitrogens is 2. The third kappa shape index (κ3) is 11.3. The molecule has 1 aliphatic carbocycles. The fourth-order valence-electron chi connectivity index (χ4n) is 11.6. The first-order chi connectivity index (χ1) is 30.9. The lowest BCUT2D eigenvalue weighted by atomic mass is 9.80. The normalized spacial score (nSPS) is 26.6. The van der Waals surface area contributed by atoms with Crippen molar-refractivity contribution in [3.05, 3.63) is 61.4 Å². The van der Waals surface area contributed by atoms with E-state index in [9.17, 15) is 19.8 Å². The highest BCUT2D eigenvalue weighted by molar-refractivity contribution is 5.95. The summed E-state index contributed by atoms with van der Waals surface area (Å²) < 4.78 is 11.3. The molecule has 6 rings (SSSR count). The summed E-state index contributed by atoms with van der Waals surface area (Å²) in [5, 5.41) is 32.0. The highest BCUT2D eigenvalue weighted by atomic mass is 16.5. The molecular formula is C55H84N4O6. The number of carbonyl (C=O) groups is 2. The maximum absolute atomic E-state index is 13.7. The molecule has 6 N–H and O–H groups in total. The van der Waals surface area contributed by atoms with Gasteiger partial charge in [0.2, 0.25) is 0 Å². The van der Waals surface area contributed by atoms with Gasteiger partial charge in [0, 0.05) is 69.1 Å². The predicted octanol–water partition coefficient (Wildman–Crippen LogP) is 10.6. The maximum Gasteiger partial charge on any atom is 0.320 e. The molecule has 10 heteroatoms. The number of hydrogen-bond donors (Lipinski definition) is 6. The molecule has 0 saturated carbocycles. The number of allylic oxidation sites excluding steroid dienone is 3. The Morgan fingerprint density at radius 2 is 1.34 bits per heavy atom. The zero-order valence-electron chi connectivity index (χ0n) is 42.0. The number of aliphatic hydroxyl groups is 2. The van der Waals surface area contributed by atoms with Gasteiger partial charge >= 0.3 is 11.9 Å². The molecule has 4 aliphatic rings. The Morgan fingerprint density at radius 3 is 1.94 bits per heavy atom. The van der Waals surface area contributed by atoms with E-state index in [4.69, 9.17) is 9.47 Å². The van der Waals surface area contributed by atoms with E-state index in [2.05, 4.69) is 94.2 Å². The Kier molecular flexibility index (Phi) is 17.1. The molecule has 3 aliphatic heterocycles. The second kappa shape index (κ2) is 22.1. The Balaban J connectivity index is 1.18. The van der Waals surface area contributed by atoms with Crippen LogP contribution in [0, 0.1) is 67.1 Å². The number of nitrogens with one attached hydrogen (secondary N) is 4. The molecule has 2 aromatic heterocycles. The molecule has 2 aromatic rings. The van der Waals surface area contributed by atoms with E-state index in [1.807, 2.05) is 13.8 Å². The maximum atomic E-state index is 13.7. The van der Waals surface area contributed by atoms with E-state index in [1.54, 1.807) is 6.92 Å². The summed E-state index contributed by atoms with van der Waals surface area (Å²) in [5.41, 5.74) is 9.11. The third-order valence-electron chi connectivity index (χ3n) is 15.8. The Labute approximate surface area is 390 Å². The van der Waals surface area contributed by atoms with E-state index in [1.165, 1.54) is 58.5 Å². The number of hydrogen-bond acceptors (Lipinski definition) is 8. The zero-order valence-corrected chi connectivity index (χ0v) is 42.0. The minimum Gasteiger partial charge on any atom is -0.510 e. The molecular weight excluding hydrogens is 813 g/mol. The van der Waals surface area contributed by atoms with Crippen LogP contribution >= 0.6 is 0 Å². The molecule has 0 radical (unpaired) electrons. The summed E-state index contributed by atoms with van der Waals surface area (Å²) in [4.78, 5) is 34.5. The van der Waals surface area contributed by atoms with Crippen LogP contribution in [0.3, 0.4) is 0 Å². The van der Waals surface area contributed by atoms with Crippen LogP contribution < -0.4 is 21.2 Å². The first kappa shape index (κ1) is 50.2. The van der Waals surface area contributed by atoms with Gasteiger partial charge in [-0.2, -0.15) is 0 Å². The third-order valence-corrected chi connectivity index (χ3v) is 15.8. The van der Waals surface area contributed by atoms with Gasteiger partial charge < -0.3 is 40.3 Å². The van der Waals surface area contributed by atoms with Gasteiger partial charge in [0.1, 0.15) is 11.7 Å². The van der Waals surface area contributed by atoms with Gasteiger partial charge in [0.25, 0.3) is 0 Å². The Hall–Kier alpha value is -4.18. The second-order valence-corrected chi connectivity index (χ2v) is 21.2. The lowest BCUT2D eigenvalue weighted by molar-refractivity contribution is -0.144. The summed E-state index contributed by atoms with van der Waals surface area (Å²) >= 11 is 0. The number of esters is 2. The van der Waals surface area contributed by atoms with Crippen LogP contribution in [-0.4, -0.2) is 51.9 Å². The number of carbonyl (C=O) groups excluding carboxylic acids is 2. The number of fused-ring (bicyclic) bond motifs is 8. The average molecular weight is 897 g/mol. The van der Waals surface area contributed by atoms with Crippen molar-refractivity contribution in [1.29, 1.82) is 0 Å². The fourth-order valence-corrected chi connectivity index (χ4v) is 11.6. The van der Waals surface area contributed by atoms with Gasteiger partial charge in [0.15, 0.2) is 0 Å². The number of aliphatic hydroxyl groups excluding tert-OH is 2. The summed E-state index contributed by atoms with van der Waals surface area (Å²) in [6.07, 6.45) is 19.9. The van der Waals surface area contributed by atoms with Crippen LogP contribution in [0.2, 0.25) is 0 Å². The number of H-pyrrole nitrogens is 2. The summed E-state index contributed by atoms with van der Waals surface area (Å²) in [6.45, 7) is 24.6. The van der Waals surface area contributed by atoms with Crippen molar-refractivity contribution < 1.29 is 29.3 Å². The minimum atomic E-state index is -1.00. The van der Waals surface area contributed by atoms with Gasteiger partial charge in [-0.3, -0.25) is 9.59 Å². The molecule has 10 nitrogen and oxygen atoms in total. The second-order valence-electron chi connectivity index (χ2n) is 21.2. The quantitative estimate of drug-likeness (QED) is 0.0679. The van der Waals surface area contributed by atoms with Crippen LogP contribution in [0.25, 0.3) is 29.6 Å². The van der Waals surface area contributed by atoms with E-state index in [-0.39, 0.29) is 41.8 Å². The number of methoxy groups -OCH3 is 1. The van der Waals surface area contributed by atoms with E-state index in [0.29, 0.717) is 24.2 Å². The molecule has 65 heavy (non-hydrogen) atoms. The van der Waals surface area contributed by atoms with Crippen molar-refractivity contribution in [2.45, 2.75) is 172 Å².